The number of nitrogens with zero attached hydrogens (tertiary/aromatic N) is 3. The standard InChI is InChI=1S/C11H18N2O3.C6H6O5S.N3.Na.Zn.H/c1-4-11(6-5-7(2)3)8(14)12-10(16)13-9(11)15;7-5-3-1-2-4-6(5)11-12(8,9)10;1-3-2;;;/h7H,4-6H2,1-3H3,(H2,12,13,14,15,16);1-4,7H,(H,8,9,10);;;;/q;;-1;+1;;-1. The van der Waals surface area contributed by atoms with Gasteiger partial charge in [0.2, 0.25) is 11.8 Å². The van der Waals surface area contributed by atoms with Gasteiger partial charge < -0.3 is 21.8 Å². The number of carbonyl (C=O) groups excluding carboxylic acids is 3. The number of benzene rings is 1. The molecule has 0 radical (unpaired) electrons. The average molecular weight is 548 g/mol. The van der Waals surface area contributed by atoms with Crippen LogP contribution < -0.4 is 44.4 Å². The summed E-state index contributed by atoms with van der Waals surface area (Å²) >= 11 is 0. The van der Waals surface area contributed by atoms with Crippen molar-refractivity contribution in [3.8, 4) is 11.5 Å². The Morgan fingerprint density at radius 3 is 1.97 bits per heavy atom. The van der Waals surface area contributed by atoms with Crippen LogP contribution in [0, 0.1) is 11.3 Å². The second kappa shape index (κ2) is 16.8. The van der Waals surface area contributed by atoms with Crippen LogP contribution in [0.3, 0.4) is 0 Å². The van der Waals surface area contributed by atoms with Crippen molar-refractivity contribution in [1.29, 1.82) is 0 Å². The van der Waals surface area contributed by atoms with Crippen LogP contribution in [0.4, 0.5) is 4.79 Å². The van der Waals surface area contributed by atoms with Gasteiger partial charge in [0.25, 0.3) is 0 Å². The van der Waals surface area contributed by atoms with Crippen LogP contribution in [-0.2, 0) is 39.5 Å². The summed E-state index contributed by atoms with van der Waals surface area (Å²) in [6, 6.07) is 4.68. The Bertz CT molecular complexity index is 926. The number of rotatable bonds is 6. The molecule has 0 unspecified atom stereocenters. The summed E-state index contributed by atoms with van der Waals surface area (Å²) in [5.74, 6) is -1.18. The molecule has 0 saturated carbocycles. The topological polar surface area (TPSA) is 218 Å². The molecule has 1 heterocycles. The number of phenolic OH excluding ortho intramolecular Hbond substituents is 1. The summed E-state index contributed by atoms with van der Waals surface area (Å²) in [4.78, 5) is 36.0. The zero-order valence-electron chi connectivity index (χ0n) is 19.8. The minimum atomic E-state index is -4.56. The molecule has 33 heavy (non-hydrogen) atoms. The van der Waals surface area contributed by atoms with E-state index in [9.17, 15) is 22.8 Å². The first-order valence-corrected chi connectivity index (χ1v) is 10.3. The molecular formula is C17H25N5NaO8SZn-. The van der Waals surface area contributed by atoms with Crippen molar-refractivity contribution >= 4 is 28.2 Å². The number of hydrogen-bond donors (Lipinski definition) is 4. The number of hydrogen-bond acceptors (Lipinski definition) is 7. The molecule has 0 spiro atoms. The molecule has 1 aromatic rings. The fraction of sp³-hybridized carbons (Fsp3) is 0.471. The molecule has 4 amide bonds. The maximum atomic E-state index is 11.8. The van der Waals surface area contributed by atoms with Gasteiger partial charge in [-0.2, -0.15) is 8.42 Å². The molecule has 1 fully saturated rings. The van der Waals surface area contributed by atoms with E-state index in [1.165, 1.54) is 29.2 Å². The van der Waals surface area contributed by atoms with E-state index >= 15 is 0 Å². The average Bonchev–Trinajstić information content (AvgIpc) is 2.63. The first-order chi connectivity index (χ1) is 14.3. The molecule has 2 rings (SSSR count). The monoisotopic (exact) mass is 546 g/mol. The van der Waals surface area contributed by atoms with Crippen molar-refractivity contribution in [2.75, 3.05) is 0 Å². The van der Waals surface area contributed by atoms with Crippen molar-refractivity contribution < 1.29 is 87.1 Å². The molecule has 0 atom stereocenters. The second-order valence-corrected chi connectivity index (χ2v) is 7.70. The summed E-state index contributed by atoms with van der Waals surface area (Å²) in [6.45, 7) is 5.86. The number of phenols is 1. The molecule has 13 nitrogen and oxygen atoms in total. The Labute approximate surface area is 227 Å². The van der Waals surface area contributed by atoms with Gasteiger partial charge >= 0.3 is 46.0 Å². The first kappa shape index (κ1) is 35.9. The minimum absolute atomic E-state index is 0. The van der Waals surface area contributed by atoms with E-state index in [-0.39, 0.29) is 62.0 Å². The van der Waals surface area contributed by atoms with E-state index in [1.807, 2.05) is 13.8 Å². The van der Waals surface area contributed by atoms with Gasteiger partial charge in [0.15, 0.2) is 11.5 Å². The predicted molar refractivity (Wildman–Crippen MR) is 110 cm³/mol. The maximum Gasteiger partial charge on any atom is 1.00 e. The van der Waals surface area contributed by atoms with Gasteiger partial charge in [-0.15, -0.1) is 0 Å². The van der Waals surface area contributed by atoms with Crippen molar-refractivity contribution in [2.24, 2.45) is 11.3 Å². The van der Waals surface area contributed by atoms with Crippen LogP contribution in [-0.4, -0.2) is 35.9 Å². The third kappa shape index (κ3) is 12.9. The molecule has 1 aromatic carbocycles. The Kier molecular flexibility index (Phi) is 18.3. The maximum absolute atomic E-state index is 11.8. The molecule has 0 aromatic heterocycles. The SMILES string of the molecule is CCC1(CCC(C)C)C(=O)NC(=O)NC1=O.O=S(=O)(O)Oc1ccccc1O.[H-].[N-]=[N+]=[N-].[Na+].[Zn]. The molecule has 0 bridgehead atoms. The smallest absolute Gasteiger partial charge is 1.00 e. The normalized spacial score (nSPS) is 13.8. The summed E-state index contributed by atoms with van der Waals surface area (Å²) < 4.78 is 32.6. The van der Waals surface area contributed by atoms with Crippen LogP contribution >= 0.6 is 0 Å². The van der Waals surface area contributed by atoms with E-state index in [2.05, 4.69) is 14.8 Å². The Morgan fingerprint density at radius 1 is 1.15 bits per heavy atom. The van der Waals surface area contributed by atoms with Gasteiger partial charge in [-0.05, 0) is 37.3 Å². The van der Waals surface area contributed by atoms with Crippen LogP contribution in [0.5, 0.6) is 11.5 Å². The predicted octanol–water partition coefficient (Wildman–Crippen LogP) is -0.261. The number of urea groups is 1. The summed E-state index contributed by atoms with van der Waals surface area (Å²) in [7, 11) is -4.56. The van der Waals surface area contributed by atoms with Crippen LogP contribution in [0.25, 0.3) is 16.0 Å². The van der Waals surface area contributed by atoms with Crippen molar-refractivity contribution in [2.45, 2.75) is 40.0 Å². The largest absolute Gasteiger partial charge is 1.00 e. The Balaban J connectivity index is -0.000000225. The summed E-state index contributed by atoms with van der Waals surface area (Å²) in [5, 5.41) is 13.3. The molecular weight excluding hydrogens is 523 g/mol. The van der Waals surface area contributed by atoms with Crippen LogP contribution in [0.15, 0.2) is 24.3 Å². The fourth-order valence-electron chi connectivity index (χ4n) is 2.48. The van der Waals surface area contributed by atoms with E-state index in [0.29, 0.717) is 18.8 Å². The summed E-state index contributed by atoms with van der Waals surface area (Å²) in [5.41, 5.74) is 12.4. The molecule has 1 aliphatic rings. The molecule has 4 N–H and O–H groups in total. The molecule has 0 aliphatic carbocycles. The first-order valence-electron chi connectivity index (χ1n) is 8.93. The van der Waals surface area contributed by atoms with E-state index in [1.54, 1.807) is 6.92 Å². The van der Waals surface area contributed by atoms with Gasteiger partial charge in [-0.3, -0.25) is 29.7 Å². The third-order valence-corrected chi connectivity index (χ3v) is 4.53. The van der Waals surface area contributed by atoms with Crippen molar-refractivity contribution in [3.63, 3.8) is 0 Å². The Morgan fingerprint density at radius 2 is 1.61 bits per heavy atom. The van der Waals surface area contributed by atoms with Crippen LogP contribution in [0.2, 0.25) is 0 Å². The number of imide groups is 2. The number of nitrogens with one attached hydrogen (secondary N) is 2. The van der Waals surface area contributed by atoms with Crippen LogP contribution in [0.1, 0.15) is 41.5 Å². The molecule has 1 aliphatic heterocycles. The molecule has 1 saturated heterocycles. The third-order valence-electron chi connectivity index (χ3n) is 4.14. The molecule has 176 valence electrons. The van der Waals surface area contributed by atoms with E-state index in [4.69, 9.17) is 20.7 Å². The van der Waals surface area contributed by atoms with Gasteiger partial charge in [0.05, 0.1) is 0 Å². The van der Waals surface area contributed by atoms with E-state index < -0.39 is 33.7 Å². The van der Waals surface area contributed by atoms with Gasteiger partial charge in [0.1, 0.15) is 5.41 Å². The van der Waals surface area contributed by atoms with Gasteiger partial charge in [0, 0.05) is 19.5 Å². The number of para-hydroxylation sites is 2. The zero-order valence-corrected chi connectivity index (χ0v) is 24.6. The quantitative estimate of drug-likeness (QED) is 0.0925. The second-order valence-electron chi connectivity index (χ2n) is 6.67. The number of carbonyl (C=O) groups is 3. The number of barbiturate groups is 1. The van der Waals surface area contributed by atoms with E-state index in [0.717, 1.165) is 6.42 Å². The zero-order chi connectivity index (χ0) is 24.2. The Hall–Kier alpha value is -1.73. The fourth-order valence-corrected chi connectivity index (χ4v) is 2.85. The van der Waals surface area contributed by atoms with Crippen molar-refractivity contribution in [1.82, 2.24) is 10.6 Å². The summed E-state index contributed by atoms with van der Waals surface area (Å²) in [6.07, 6.45) is 1.67. The number of aromatic hydroxyl groups is 1. The van der Waals surface area contributed by atoms with Crippen molar-refractivity contribution in [3.05, 3.63) is 40.2 Å². The minimum Gasteiger partial charge on any atom is -1.00 e. The number of amides is 4. The molecule has 16 heteroatoms. The van der Waals surface area contributed by atoms with Gasteiger partial charge in [-0.25, -0.2) is 4.79 Å². The van der Waals surface area contributed by atoms with Gasteiger partial charge in [-0.1, -0.05) is 32.9 Å².